The zero-order valence-corrected chi connectivity index (χ0v) is 19.9. The first-order valence-corrected chi connectivity index (χ1v) is 11.8. The van der Waals surface area contributed by atoms with Crippen molar-refractivity contribution in [3.63, 3.8) is 0 Å². The van der Waals surface area contributed by atoms with E-state index in [0.717, 1.165) is 32.7 Å². The lowest BCUT2D eigenvalue weighted by atomic mass is 9.72. The zero-order chi connectivity index (χ0) is 22.4. The van der Waals surface area contributed by atoms with E-state index in [4.69, 9.17) is 9.47 Å². The van der Waals surface area contributed by atoms with Gasteiger partial charge < -0.3 is 14.4 Å². The molecule has 174 valence electrons. The normalized spacial score (nSPS) is 22.7. The highest BCUT2D eigenvalue weighted by molar-refractivity contribution is 5.42. The quantitative estimate of drug-likeness (QED) is 0.232. The first-order valence-electron chi connectivity index (χ1n) is 11.8. The van der Waals surface area contributed by atoms with Crippen LogP contribution in [0.3, 0.4) is 0 Å². The molecule has 0 amide bonds. The molecule has 0 saturated carbocycles. The summed E-state index contributed by atoms with van der Waals surface area (Å²) < 4.78 is 11.3. The van der Waals surface area contributed by atoms with E-state index < -0.39 is 0 Å². The smallest absolute Gasteiger partial charge is 0.0985 e. The largest absolute Gasteiger partial charge is 0.377 e. The topological polar surface area (TPSA) is 45.8 Å². The minimum Gasteiger partial charge on any atom is -0.377 e. The van der Waals surface area contributed by atoms with Crippen molar-refractivity contribution in [3.05, 3.63) is 59.8 Å². The summed E-state index contributed by atoms with van der Waals surface area (Å²) in [4.78, 5) is 2.50. The third kappa shape index (κ3) is 9.26. The maximum atomic E-state index is 5.68. The van der Waals surface area contributed by atoms with Crippen LogP contribution in [0.15, 0.2) is 59.8 Å². The van der Waals surface area contributed by atoms with Gasteiger partial charge in [0.1, 0.15) is 0 Å². The molecule has 31 heavy (non-hydrogen) atoms. The summed E-state index contributed by atoms with van der Waals surface area (Å²) in [5.41, 5.74) is 3.90. The van der Waals surface area contributed by atoms with E-state index in [1.165, 1.54) is 42.7 Å². The second kappa shape index (κ2) is 14.5. The molecule has 0 radical (unpaired) electrons. The predicted molar refractivity (Wildman–Crippen MR) is 131 cm³/mol. The van der Waals surface area contributed by atoms with Gasteiger partial charge in [0, 0.05) is 31.7 Å². The molecule has 1 heterocycles. The fourth-order valence-corrected chi connectivity index (χ4v) is 4.06. The lowest BCUT2D eigenvalue weighted by molar-refractivity contribution is 0.101. The molecule has 2 N–H and O–H groups in total. The molecule has 1 aliphatic heterocycles. The summed E-state index contributed by atoms with van der Waals surface area (Å²) in [6, 6.07) is 0. The molecule has 1 unspecified atom stereocenters. The molecule has 1 saturated heterocycles. The minimum absolute atomic E-state index is 0.0492. The van der Waals surface area contributed by atoms with Crippen LogP contribution in [0.5, 0.6) is 0 Å². The van der Waals surface area contributed by atoms with Crippen molar-refractivity contribution in [2.45, 2.75) is 40.0 Å². The van der Waals surface area contributed by atoms with Crippen molar-refractivity contribution in [3.8, 4) is 0 Å². The monoisotopic (exact) mass is 429 g/mol. The van der Waals surface area contributed by atoms with Gasteiger partial charge in [-0.2, -0.15) is 0 Å². The standard InChI is InChI=1S/C26H43N3O2/c1-5-10-25(26(4)13-12-23(3)24(19-26)20-30-6-2)11-9-14-27-21-31-22-28-15-18-29-16-7-8-17-29/h5,9-13,27-28H,1,6-8,14-22H2,2-4H3/b11-9-,25-10+. The van der Waals surface area contributed by atoms with E-state index in [-0.39, 0.29) is 5.41 Å². The molecule has 0 aromatic rings. The van der Waals surface area contributed by atoms with Crippen LogP contribution in [0.1, 0.15) is 40.0 Å². The number of hydrogen-bond donors (Lipinski definition) is 2. The van der Waals surface area contributed by atoms with Crippen molar-refractivity contribution in [2.75, 3.05) is 59.4 Å². The Morgan fingerprint density at radius 1 is 1.23 bits per heavy atom. The second-order valence-corrected chi connectivity index (χ2v) is 8.61. The molecule has 2 rings (SSSR count). The van der Waals surface area contributed by atoms with Gasteiger partial charge in [0.2, 0.25) is 0 Å². The van der Waals surface area contributed by atoms with Crippen molar-refractivity contribution in [1.82, 2.24) is 15.5 Å². The van der Waals surface area contributed by atoms with Crippen LogP contribution in [0, 0.1) is 5.41 Å². The first-order chi connectivity index (χ1) is 15.1. The van der Waals surface area contributed by atoms with E-state index >= 15 is 0 Å². The van der Waals surface area contributed by atoms with Gasteiger partial charge in [0.15, 0.2) is 0 Å². The maximum absolute atomic E-state index is 5.68. The molecule has 5 nitrogen and oxygen atoms in total. The van der Waals surface area contributed by atoms with Crippen LogP contribution in [-0.2, 0) is 9.47 Å². The molecule has 1 fully saturated rings. The van der Waals surface area contributed by atoms with Crippen LogP contribution in [0.25, 0.3) is 0 Å². The van der Waals surface area contributed by atoms with Gasteiger partial charge in [-0.3, -0.25) is 10.6 Å². The molecule has 0 bridgehead atoms. The van der Waals surface area contributed by atoms with Crippen molar-refractivity contribution >= 4 is 0 Å². The molecular weight excluding hydrogens is 386 g/mol. The lowest BCUT2D eigenvalue weighted by Gasteiger charge is -2.33. The number of allylic oxidation sites excluding steroid dienone is 7. The van der Waals surface area contributed by atoms with Crippen molar-refractivity contribution < 1.29 is 9.47 Å². The van der Waals surface area contributed by atoms with E-state index in [0.29, 0.717) is 20.1 Å². The van der Waals surface area contributed by atoms with Crippen LogP contribution < -0.4 is 10.6 Å². The number of ether oxygens (including phenoxy) is 2. The van der Waals surface area contributed by atoms with E-state index in [1.54, 1.807) is 0 Å². The van der Waals surface area contributed by atoms with Gasteiger partial charge >= 0.3 is 0 Å². The number of rotatable bonds is 15. The summed E-state index contributed by atoms with van der Waals surface area (Å²) in [5.74, 6) is 0. The molecule has 0 aromatic heterocycles. The molecule has 1 atom stereocenters. The average molecular weight is 430 g/mol. The minimum atomic E-state index is -0.0492. The van der Waals surface area contributed by atoms with Gasteiger partial charge in [-0.05, 0) is 62.9 Å². The predicted octanol–water partition coefficient (Wildman–Crippen LogP) is 4.18. The molecular formula is C26H43N3O2. The van der Waals surface area contributed by atoms with Crippen LogP contribution in [0.4, 0.5) is 0 Å². The number of nitrogens with one attached hydrogen (secondary N) is 2. The zero-order valence-electron chi connectivity index (χ0n) is 19.9. The second-order valence-electron chi connectivity index (χ2n) is 8.61. The Morgan fingerprint density at radius 2 is 2.00 bits per heavy atom. The Bertz CT molecular complexity index is 660. The highest BCUT2D eigenvalue weighted by atomic mass is 16.5. The maximum Gasteiger partial charge on any atom is 0.0985 e. The molecule has 2 aliphatic rings. The summed E-state index contributed by atoms with van der Waals surface area (Å²) in [6.07, 6.45) is 16.5. The summed E-state index contributed by atoms with van der Waals surface area (Å²) in [6.45, 7) is 18.4. The van der Waals surface area contributed by atoms with Crippen LogP contribution in [-0.4, -0.2) is 64.3 Å². The Hall–Kier alpha value is -1.50. The number of nitrogens with zero attached hydrogens (tertiary/aromatic N) is 1. The van der Waals surface area contributed by atoms with E-state index in [1.807, 2.05) is 13.0 Å². The van der Waals surface area contributed by atoms with Crippen molar-refractivity contribution in [2.24, 2.45) is 5.41 Å². The summed E-state index contributed by atoms with van der Waals surface area (Å²) >= 11 is 0. The summed E-state index contributed by atoms with van der Waals surface area (Å²) in [5, 5.41) is 6.66. The van der Waals surface area contributed by atoms with Gasteiger partial charge in [-0.25, -0.2) is 0 Å². The third-order valence-electron chi connectivity index (χ3n) is 6.05. The molecule has 5 heteroatoms. The highest BCUT2D eigenvalue weighted by Gasteiger charge is 2.28. The van der Waals surface area contributed by atoms with Gasteiger partial charge in [-0.1, -0.05) is 50.0 Å². The Balaban J connectivity index is 1.68. The Labute approximate surface area is 189 Å². The lowest BCUT2D eigenvalue weighted by Crippen LogP contribution is -2.32. The Kier molecular flexibility index (Phi) is 12.1. The first kappa shape index (κ1) is 25.8. The van der Waals surface area contributed by atoms with Gasteiger partial charge in [0.25, 0.3) is 0 Å². The Morgan fingerprint density at radius 3 is 2.74 bits per heavy atom. The number of hydrogen-bond acceptors (Lipinski definition) is 5. The van der Waals surface area contributed by atoms with E-state index in [2.05, 4.69) is 66.3 Å². The van der Waals surface area contributed by atoms with Crippen LogP contribution in [0.2, 0.25) is 0 Å². The summed E-state index contributed by atoms with van der Waals surface area (Å²) in [7, 11) is 0. The van der Waals surface area contributed by atoms with Gasteiger partial charge in [0.05, 0.1) is 20.1 Å². The van der Waals surface area contributed by atoms with Crippen LogP contribution >= 0.6 is 0 Å². The highest BCUT2D eigenvalue weighted by Crippen LogP contribution is 2.40. The van der Waals surface area contributed by atoms with Gasteiger partial charge in [-0.15, -0.1) is 0 Å². The fourth-order valence-electron chi connectivity index (χ4n) is 4.06. The molecule has 0 aromatic carbocycles. The average Bonchev–Trinajstić information content (AvgIpc) is 3.28. The fraction of sp³-hybridized carbons (Fsp3) is 0.615. The molecule has 0 spiro atoms. The third-order valence-corrected chi connectivity index (χ3v) is 6.05. The SMILES string of the molecule is C=C/C=C(\C=C/CNCOCNCCN1CCCC1)C1(C)C=CC(C)=C(COCC)C1. The van der Waals surface area contributed by atoms with Crippen molar-refractivity contribution in [1.29, 1.82) is 0 Å². The number of likely N-dealkylation sites (tertiary alicyclic amines) is 1. The van der Waals surface area contributed by atoms with E-state index in [9.17, 15) is 0 Å². The molecule has 1 aliphatic carbocycles.